The summed E-state index contributed by atoms with van der Waals surface area (Å²) in [6.45, 7) is 16.8. The molecule has 1 aromatic rings. The maximum Gasteiger partial charge on any atom is 0.148 e. The molecule has 1 aromatic carbocycles. The van der Waals surface area contributed by atoms with E-state index < -0.39 is 11.5 Å². The van der Waals surface area contributed by atoms with E-state index in [2.05, 4.69) is 42.0 Å². The molecule has 0 spiro atoms. The van der Waals surface area contributed by atoms with Gasteiger partial charge in [0.15, 0.2) is 0 Å². The summed E-state index contributed by atoms with van der Waals surface area (Å²) in [7, 11) is 2.01. The summed E-state index contributed by atoms with van der Waals surface area (Å²) in [4.78, 5) is 10.4. The van der Waals surface area contributed by atoms with Gasteiger partial charge in [0, 0.05) is 30.3 Å². The Kier molecular flexibility index (Phi) is 10.2. The second-order valence-electron chi connectivity index (χ2n) is 10.3. The fourth-order valence-electron chi connectivity index (χ4n) is 4.17. The third-order valence-corrected chi connectivity index (χ3v) is 7.29. The lowest BCUT2D eigenvalue weighted by atomic mass is 9.85. The molecule has 192 valence electrons. The second-order valence-corrected chi connectivity index (χ2v) is 10.3. The zero-order chi connectivity index (χ0) is 26.2. The van der Waals surface area contributed by atoms with Crippen molar-refractivity contribution in [3.05, 3.63) is 71.3 Å². The topological polar surface area (TPSA) is 28.0 Å². The second kappa shape index (κ2) is 12.4. The van der Waals surface area contributed by atoms with Gasteiger partial charge >= 0.3 is 0 Å². The number of allylic oxidation sites excluding steroid dienone is 3. The molecule has 2 atom stereocenters. The summed E-state index contributed by atoms with van der Waals surface area (Å²) < 4.78 is 30.8. The van der Waals surface area contributed by atoms with Crippen molar-refractivity contribution in [2.24, 2.45) is 9.98 Å². The zero-order valence-electron chi connectivity index (χ0n) is 22.5. The summed E-state index contributed by atoms with van der Waals surface area (Å²) in [6, 6.07) is 7.63. The molecule has 0 saturated heterocycles. The van der Waals surface area contributed by atoms with Crippen LogP contribution in [0.4, 0.5) is 8.78 Å². The molecule has 0 radical (unpaired) electrons. The molecule has 0 aliphatic heterocycles. The van der Waals surface area contributed by atoms with Crippen molar-refractivity contribution < 1.29 is 8.78 Å². The predicted octanol–water partition coefficient (Wildman–Crippen LogP) is 8.80. The first-order chi connectivity index (χ1) is 16.5. The molecule has 0 bridgehead atoms. The van der Waals surface area contributed by atoms with Crippen LogP contribution in [-0.2, 0) is 5.67 Å². The standard InChI is InChI=1S/C30H43F2N3/c1-9-11-12-13-17-30(6,32)25-16-14-15-24(20-25)22(3)26(21-35(8)29(5)18-19-29)28(27(31)10-2)34-23(4)33-7/h10,14-16,20-22H,2,7,9,11-13,17-19H2,1,3-6,8H3/b26-21-,28-27-,34-23?. The van der Waals surface area contributed by atoms with Crippen molar-refractivity contribution in [1.29, 1.82) is 0 Å². The van der Waals surface area contributed by atoms with Crippen molar-refractivity contribution >= 4 is 12.6 Å². The zero-order valence-corrected chi connectivity index (χ0v) is 22.5. The van der Waals surface area contributed by atoms with E-state index in [0.717, 1.165) is 44.1 Å². The lowest BCUT2D eigenvalue weighted by Crippen LogP contribution is -2.26. The molecule has 1 saturated carbocycles. The fraction of sp³-hybridized carbons (Fsp3) is 0.533. The van der Waals surface area contributed by atoms with E-state index in [9.17, 15) is 0 Å². The molecule has 0 heterocycles. The van der Waals surface area contributed by atoms with E-state index >= 15 is 8.78 Å². The maximum atomic E-state index is 15.7. The predicted molar refractivity (Wildman–Crippen MR) is 147 cm³/mol. The van der Waals surface area contributed by atoms with Gasteiger partial charge in [0.25, 0.3) is 0 Å². The molecule has 0 amide bonds. The van der Waals surface area contributed by atoms with Crippen LogP contribution in [-0.4, -0.2) is 30.0 Å². The maximum absolute atomic E-state index is 15.7. The van der Waals surface area contributed by atoms with Crippen LogP contribution < -0.4 is 0 Å². The molecular formula is C30H43F2N3. The van der Waals surface area contributed by atoms with Gasteiger partial charge in [-0.3, -0.25) is 0 Å². The average Bonchev–Trinajstić information content (AvgIpc) is 3.61. The third kappa shape index (κ3) is 7.71. The Morgan fingerprint density at radius 3 is 2.54 bits per heavy atom. The molecule has 2 rings (SSSR count). The Bertz CT molecular complexity index is 983. The van der Waals surface area contributed by atoms with E-state index in [4.69, 9.17) is 0 Å². The van der Waals surface area contributed by atoms with Crippen molar-refractivity contribution in [1.82, 2.24) is 4.90 Å². The Labute approximate surface area is 211 Å². The van der Waals surface area contributed by atoms with E-state index in [1.807, 2.05) is 44.4 Å². The molecule has 3 nitrogen and oxygen atoms in total. The first-order valence-electron chi connectivity index (χ1n) is 12.8. The quantitative estimate of drug-likeness (QED) is 0.119. The Hall–Kier alpha value is -2.56. The first kappa shape index (κ1) is 28.7. The summed E-state index contributed by atoms with van der Waals surface area (Å²) in [6.07, 6.45) is 9.92. The molecule has 0 N–H and O–H groups in total. The first-order valence-corrected chi connectivity index (χ1v) is 12.8. The van der Waals surface area contributed by atoms with Crippen LogP contribution in [0.15, 0.2) is 70.2 Å². The largest absolute Gasteiger partial charge is 0.375 e. The molecule has 1 fully saturated rings. The number of unbranched alkanes of at least 4 members (excludes halogenated alkanes) is 3. The highest BCUT2D eigenvalue weighted by Crippen LogP contribution is 2.43. The van der Waals surface area contributed by atoms with E-state index in [1.165, 1.54) is 6.08 Å². The lowest BCUT2D eigenvalue weighted by molar-refractivity contribution is 0.171. The molecule has 5 heteroatoms. The SMILES string of the molecule is C=C/C(F)=C(N=C(C)N=C)\C(=C/N(C)C1(C)CC1)C(C)c1cccc(C(C)(F)CCCCCC)c1. The number of hydrogen-bond donors (Lipinski definition) is 0. The molecule has 35 heavy (non-hydrogen) atoms. The van der Waals surface area contributed by atoms with Gasteiger partial charge in [0.1, 0.15) is 23.0 Å². The van der Waals surface area contributed by atoms with E-state index in [0.29, 0.717) is 23.4 Å². The highest BCUT2D eigenvalue weighted by molar-refractivity contribution is 5.85. The van der Waals surface area contributed by atoms with Gasteiger partial charge in [-0.2, -0.15) is 0 Å². The van der Waals surface area contributed by atoms with Crippen LogP contribution in [0.25, 0.3) is 0 Å². The smallest absolute Gasteiger partial charge is 0.148 e. The average molecular weight is 484 g/mol. The number of nitrogens with zero attached hydrogens (tertiary/aromatic N) is 3. The van der Waals surface area contributed by atoms with Crippen LogP contribution in [0, 0.1) is 0 Å². The number of rotatable bonds is 13. The van der Waals surface area contributed by atoms with Crippen LogP contribution in [0.5, 0.6) is 0 Å². The summed E-state index contributed by atoms with van der Waals surface area (Å²) in [5.41, 5.74) is 1.08. The molecule has 1 aliphatic rings. The van der Waals surface area contributed by atoms with Gasteiger partial charge in [-0.15, -0.1) is 0 Å². The number of alkyl halides is 1. The minimum absolute atomic E-state index is 0.0496. The number of aliphatic imine (C=N–C) groups is 2. The highest BCUT2D eigenvalue weighted by Gasteiger charge is 2.40. The Balaban J connectivity index is 2.52. The number of benzene rings is 1. The number of hydrogen-bond acceptors (Lipinski definition) is 2. The minimum Gasteiger partial charge on any atom is -0.375 e. The van der Waals surface area contributed by atoms with Gasteiger partial charge in [-0.25, -0.2) is 18.8 Å². The number of amidine groups is 1. The van der Waals surface area contributed by atoms with E-state index in [-0.39, 0.29) is 17.2 Å². The summed E-state index contributed by atoms with van der Waals surface area (Å²) in [5.74, 6) is -0.395. The van der Waals surface area contributed by atoms with Gasteiger partial charge in [0.05, 0.1) is 0 Å². The van der Waals surface area contributed by atoms with Crippen molar-refractivity contribution in [2.45, 2.75) is 96.7 Å². The molecule has 1 aliphatic carbocycles. The highest BCUT2D eigenvalue weighted by atomic mass is 19.1. The Morgan fingerprint density at radius 1 is 1.29 bits per heavy atom. The van der Waals surface area contributed by atoms with Gasteiger partial charge in [-0.05, 0) is 70.4 Å². The van der Waals surface area contributed by atoms with Crippen molar-refractivity contribution in [2.75, 3.05) is 7.05 Å². The molecular weight excluding hydrogens is 440 g/mol. The van der Waals surface area contributed by atoms with Crippen molar-refractivity contribution in [3.8, 4) is 0 Å². The van der Waals surface area contributed by atoms with Crippen molar-refractivity contribution in [3.63, 3.8) is 0 Å². The van der Waals surface area contributed by atoms with E-state index in [1.54, 1.807) is 13.8 Å². The van der Waals surface area contributed by atoms with Crippen LogP contribution >= 0.6 is 0 Å². The van der Waals surface area contributed by atoms with Crippen LogP contribution in [0.2, 0.25) is 0 Å². The molecule has 2 unspecified atom stereocenters. The lowest BCUT2D eigenvalue weighted by Gasteiger charge is -2.27. The fourth-order valence-corrected chi connectivity index (χ4v) is 4.17. The number of halogens is 2. The van der Waals surface area contributed by atoms with Crippen LogP contribution in [0.1, 0.15) is 96.6 Å². The van der Waals surface area contributed by atoms with Gasteiger partial charge < -0.3 is 4.90 Å². The monoisotopic (exact) mass is 483 g/mol. The molecule has 0 aromatic heterocycles. The van der Waals surface area contributed by atoms with Crippen LogP contribution in [0.3, 0.4) is 0 Å². The summed E-state index contributed by atoms with van der Waals surface area (Å²) >= 11 is 0. The normalized spacial score (nSPS) is 18.9. The Morgan fingerprint density at radius 2 is 1.97 bits per heavy atom. The third-order valence-electron chi connectivity index (χ3n) is 7.29. The summed E-state index contributed by atoms with van der Waals surface area (Å²) in [5, 5.41) is 0. The van der Waals surface area contributed by atoms with Gasteiger partial charge in [-0.1, -0.05) is 64.0 Å². The minimum atomic E-state index is -1.42. The van der Waals surface area contributed by atoms with Gasteiger partial charge in [0.2, 0.25) is 0 Å².